The zero-order valence-corrected chi connectivity index (χ0v) is 19.5. The molecule has 9 heteroatoms. The molecule has 2 saturated heterocycles. The van der Waals surface area contributed by atoms with Gasteiger partial charge in [0.25, 0.3) is 5.91 Å². The second-order valence-corrected chi connectivity index (χ2v) is 9.60. The number of nitrogens with one attached hydrogen (secondary N) is 2. The van der Waals surface area contributed by atoms with E-state index in [1.807, 2.05) is 43.2 Å². The number of carbonyl (C=O) groups excluding carboxylic acids is 1. The van der Waals surface area contributed by atoms with Gasteiger partial charge in [-0.15, -0.1) is 0 Å². The highest BCUT2D eigenvalue weighted by atomic mass is 32.2. The Balaban J connectivity index is 1.36. The first-order valence-corrected chi connectivity index (χ1v) is 12.5. The molecule has 2 aliphatic heterocycles. The van der Waals surface area contributed by atoms with Crippen molar-refractivity contribution in [2.75, 3.05) is 42.7 Å². The van der Waals surface area contributed by atoms with Gasteiger partial charge in [-0.1, -0.05) is 0 Å². The number of thioether (sulfide) groups is 1. The lowest BCUT2D eigenvalue weighted by Gasteiger charge is -2.28. The number of morpholine rings is 1. The normalized spacial score (nSPS) is 17.2. The van der Waals surface area contributed by atoms with Gasteiger partial charge in [-0.2, -0.15) is 11.8 Å². The molecule has 3 aromatic rings. The van der Waals surface area contributed by atoms with Crippen LogP contribution in [0.25, 0.3) is 22.6 Å². The van der Waals surface area contributed by atoms with Crippen molar-refractivity contribution in [2.24, 2.45) is 0 Å². The number of aryl methyl sites for hydroxylation is 1. The summed E-state index contributed by atoms with van der Waals surface area (Å²) in [5.41, 5.74) is 4.98. The SMILES string of the molecule is Cc1[nH]c(-c2cc(-c3cncc(N4CCOCC4)c3)ccn2)nc1C(=O)NC1CCSCC1. The molecule has 2 N–H and O–H groups in total. The molecule has 0 spiro atoms. The maximum absolute atomic E-state index is 12.8. The molecule has 5 heterocycles. The van der Waals surface area contributed by atoms with E-state index in [4.69, 9.17) is 4.74 Å². The van der Waals surface area contributed by atoms with Crippen LogP contribution in [0.4, 0.5) is 5.69 Å². The third-order valence-electron chi connectivity index (χ3n) is 6.09. The predicted octanol–water partition coefficient (Wildman–Crippen LogP) is 3.30. The third kappa shape index (κ3) is 5.04. The Morgan fingerprint density at radius 1 is 1.18 bits per heavy atom. The summed E-state index contributed by atoms with van der Waals surface area (Å²) < 4.78 is 5.46. The fraction of sp³-hybridized carbons (Fsp3) is 0.417. The van der Waals surface area contributed by atoms with Crippen molar-refractivity contribution in [3.63, 3.8) is 0 Å². The molecular weight excluding hydrogens is 436 g/mol. The summed E-state index contributed by atoms with van der Waals surface area (Å²) in [6, 6.07) is 6.32. The van der Waals surface area contributed by atoms with Crippen molar-refractivity contribution in [3.8, 4) is 22.6 Å². The second kappa shape index (κ2) is 9.93. The van der Waals surface area contributed by atoms with E-state index in [0.29, 0.717) is 17.2 Å². The van der Waals surface area contributed by atoms with Crippen LogP contribution in [0.5, 0.6) is 0 Å². The molecule has 3 aromatic heterocycles. The van der Waals surface area contributed by atoms with Gasteiger partial charge in [0.15, 0.2) is 5.82 Å². The van der Waals surface area contributed by atoms with Crippen LogP contribution >= 0.6 is 11.8 Å². The Morgan fingerprint density at radius 3 is 2.82 bits per heavy atom. The fourth-order valence-corrected chi connectivity index (χ4v) is 5.32. The Bertz CT molecular complexity index is 1120. The summed E-state index contributed by atoms with van der Waals surface area (Å²) in [6.45, 7) is 5.07. The smallest absolute Gasteiger partial charge is 0.271 e. The number of hydrogen-bond acceptors (Lipinski definition) is 7. The zero-order chi connectivity index (χ0) is 22.6. The van der Waals surface area contributed by atoms with Gasteiger partial charge in [0.05, 0.1) is 25.1 Å². The van der Waals surface area contributed by atoms with E-state index in [2.05, 4.69) is 36.2 Å². The summed E-state index contributed by atoms with van der Waals surface area (Å²) in [5, 5.41) is 3.14. The number of aromatic amines is 1. The number of imidazole rings is 1. The highest BCUT2D eigenvalue weighted by Crippen LogP contribution is 2.27. The summed E-state index contributed by atoms with van der Waals surface area (Å²) in [6.07, 6.45) is 7.53. The van der Waals surface area contributed by atoms with Crippen molar-refractivity contribution in [1.82, 2.24) is 25.3 Å². The Hall–Kier alpha value is -2.91. The van der Waals surface area contributed by atoms with Crippen molar-refractivity contribution >= 4 is 23.4 Å². The summed E-state index contributed by atoms with van der Waals surface area (Å²) in [7, 11) is 0. The van der Waals surface area contributed by atoms with Gasteiger partial charge >= 0.3 is 0 Å². The first-order valence-electron chi connectivity index (χ1n) is 11.4. The van der Waals surface area contributed by atoms with Crippen LogP contribution in [0.3, 0.4) is 0 Å². The summed E-state index contributed by atoms with van der Waals surface area (Å²) in [5.74, 6) is 2.66. The van der Waals surface area contributed by atoms with E-state index < -0.39 is 0 Å². The molecule has 0 bridgehead atoms. The van der Waals surface area contributed by atoms with Crippen molar-refractivity contribution in [2.45, 2.75) is 25.8 Å². The van der Waals surface area contributed by atoms with Gasteiger partial charge in [0, 0.05) is 42.8 Å². The van der Waals surface area contributed by atoms with E-state index in [-0.39, 0.29) is 11.9 Å². The lowest BCUT2D eigenvalue weighted by atomic mass is 10.1. The minimum absolute atomic E-state index is 0.120. The quantitative estimate of drug-likeness (QED) is 0.598. The fourth-order valence-electron chi connectivity index (χ4n) is 4.22. The molecule has 0 unspecified atom stereocenters. The average Bonchev–Trinajstić information content (AvgIpc) is 3.27. The largest absolute Gasteiger partial charge is 0.378 e. The van der Waals surface area contributed by atoms with Crippen LogP contribution in [0.15, 0.2) is 36.8 Å². The molecule has 0 radical (unpaired) electrons. The predicted molar refractivity (Wildman–Crippen MR) is 131 cm³/mol. The van der Waals surface area contributed by atoms with Gasteiger partial charge in [-0.25, -0.2) is 4.98 Å². The summed E-state index contributed by atoms with van der Waals surface area (Å²) >= 11 is 1.94. The molecule has 33 heavy (non-hydrogen) atoms. The Kier molecular flexibility index (Phi) is 6.59. The van der Waals surface area contributed by atoms with Crippen LogP contribution in [-0.2, 0) is 4.74 Å². The number of carbonyl (C=O) groups is 1. The minimum atomic E-state index is -0.120. The van der Waals surface area contributed by atoms with E-state index in [1.165, 1.54) is 0 Å². The van der Waals surface area contributed by atoms with Crippen molar-refractivity contribution in [1.29, 1.82) is 0 Å². The van der Waals surface area contributed by atoms with Crippen LogP contribution in [0.2, 0.25) is 0 Å². The molecule has 5 rings (SSSR count). The first-order chi connectivity index (χ1) is 16.2. The lowest BCUT2D eigenvalue weighted by Crippen LogP contribution is -2.37. The van der Waals surface area contributed by atoms with Gasteiger partial charge in [-0.3, -0.25) is 14.8 Å². The molecule has 172 valence electrons. The number of pyridine rings is 2. The number of nitrogens with zero attached hydrogens (tertiary/aromatic N) is 4. The summed E-state index contributed by atoms with van der Waals surface area (Å²) in [4.78, 5) is 31.9. The standard InChI is InChI=1S/C24H28N6O2S/c1-16-22(24(31)28-19-3-10-33-11-4-19)29-23(27-16)21-13-17(2-5-26-21)18-12-20(15-25-14-18)30-6-8-32-9-7-30/h2,5,12-15,19H,3-4,6-11H2,1H3,(H,27,29)(H,28,31). The van der Waals surface area contributed by atoms with E-state index in [9.17, 15) is 4.79 Å². The highest BCUT2D eigenvalue weighted by molar-refractivity contribution is 7.99. The van der Waals surface area contributed by atoms with Crippen LogP contribution < -0.4 is 10.2 Å². The Morgan fingerprint density at radius 2 is 2.00 bits per heavy atom. The molecular formula is C24H28N6O2S. The molecule has 8 nitrogen and oxygen atoms in total. The number of aromatic nitrogens is 4. The topological polar surface area (TPSA) is 96.0 Å². The second-order valence-electron chi connectivity index (χ2n) is 8.38. The number of hydrogen-bond donors (Lipinski definition) is 2. The number of rotatable bonds is 5. The maximum Gasteiger partial charge on any atom is 0.271 e. The number of ether oxygens (including phenoxy) is 1. The highest BCUT2D eigenvalue weighted by Gasteiger charge is 2.21. The molecule has 0 saturated carbocycles. The Labute approximate surface area is 197 Å². The van der Waals surface area contributed by atoms with E-state index in [1.54, 1.807) is 6.20 Å². The molecule has 2 fully saturated rings. The molecule has 0 aromatic carbocycles. The molecule has 1 amide bonds. The van der Waals surface area contributed by atoms with Gasteiger partial charge in [0.1, 0.15) is 11.4 Å². The third-order valence-corrected chi connectivity index (χ3v) is 7.14. The zero-order valence-electron chi connectivity index (χ0n) is 18.7. The monoisotopic (exact) mass is 464 g/mol. The van der Waals surface area contributed by atoms with E-state index >= 15 is 0 Å². The van der Waals surface area contributed by atoms with Crippen LogP contribution in [-0.4, -0.2) is 69.7 Å². The molecule has 0 atom stereocenters. The van der Waals surface area contributed by atoms with Crippen LogP contribution in [0, 0.1) is 6.92 Å². The van der Waals surface area contributed by atoms with Gasteiger partial charge < -0.3 is 19.9 Å². The van der Waals surface area contributed by atoms with E-state index in [0.717, 1.165) is 73.2 Å². The number of H-pyrrole nitrogens is 1. The minimum Gasteiger partial charge on any atom is -0.378 e. The molecule has 0 aliphatic carbocycles. The first kappa shape index (κ1) is 21.9. The van der Waals surface area contributed by atoms with Gasteiger partial charge in [0.2, 0.25) is 0 Å². The van der Waals surface area contributed by atoms with Crippen molar-refractivity contribution in [3.05, 3.63) is 48.2 Å². The lowest BCUT2D eigenvalue weighted by molar-refractivity contribution is 0.0929. The molecule has 2 aliphatic rings. The number of amides is 1. The average molecular weight is 465 g/mol. The van der Waals surface area contributed by atoms with Gasteiger partial charge in [-0.05, 0) is 55.0 Å². The van der Waals surface area contributed by atoms with Crippen LogP contribution in [0.1, 0.15) is 29.0 Å². The number of anilines is 1. The maximum atomic E-state index is 12.8. The van der Waals surface area contributed by atoms with Crippen molar-refractivity contribution < 1.29 is 9.53 Å².